The first-order valence-electron chi connectivity index (χ1n) is 7.23. The van der Waals surface area contributed by atoms with Crippen LogP contribution < -0.4 is 0 Å². The molecule has 0 radical (unpaired) electrons. The van der Waals surface area contributed by atoms with Gasteiger partial charge in [0.1, 0.15) is 6.10 Å². The maximum absolute atomic E-state index is 12.1. The van der Waals surface area contributed by atoms with Gasteiger partial charge >= 0.3 is 6.09 Å². The van der Waals surface area contributed by atoms with E-state index in [0.29, 0.717) is 19.4 Å². The summed E-state index contributed by atoms with van der Waals surface area (Å²) in [6, 6.07) is -0.173. The molecule has 0 aromatic heterocycles. The fourth-order valence-corrected chi connectivity index (χ4v) is 2.87. The summed E-state index contributed by atoms with van der Waals surface area (Å²) in [6.45, 7) is 7.57. The lowest BCUT2D eigenvalue weighted by atomic mass is 9.97. The molecule has 2 aliphatic heterocycles. The summed E-state index contributed by atoms with van der Waals surface area (Å²) in [5.41, 5.74) is -0.464. The van der Waals surface area contributed by atoms with Crippen LogP contribution in [0.1, 0.15) is 40.0 Å². The smallest absolute Gasteiger partial charge is 0.408 e. The topological polar surface area (TPSA) is 70.1 Å². The van der Waals surface area contributed by atoms with Crippen LogP contribution in [0.25, 0.3) is 0 Å². The zero-order chi connectivity index (χ0) is 14.9. The molecular formula is C14H24N2O4. The van der Waals surface area contributed by atoms with E-state index in [0.717, 1.165) is 19.5 Å². The SMILES string of the molecule is CC(C)(C)N(C(=O)O)[C@@H]1CC[C@@H](C(=O)N2CCC2)OC1. The summed E-state index contributed by atoms with van der Waals surface area (Å²) < 4.78 is 5.64. The van der Waals surface area contributed by atoms with Crippen molar-refractivity contribution in [2.45, 2.75) is 57.7 Å². The highest BCUT2D eigenvalue weighted by atomic mass is 16.5. The molecule has 2 saturated heterocycles. The van der Waals surface area contributed by atoms with Gasteiger partial charge in [-0.25, -0.2) is 4.79 Å². The summed E-state index contributed by atoms with van der Waals surface area (Å²) in [4.78, 5) is 26.7. The summed E-state index contributed by atoms with van der Waals surface area (Å²) in [5, 5.41) is 9.37. The van der Waals surface area contributed by atoms with E-state index in [2.05, 4.69) is 0 Å². The Bertz CT molecular complexity index is 379. The molecule has 0 aromatic rings. The fourth-order valence-electron chi connectivity index (χ4n) is 2.87. The lowest BCUT2D eigenvalue weighted by Gasteiger charge is -2.43. The van der Waals surface area contributed by atoms with Gasteiger partial charge in [-0.05, 0) is 40.0 Å². The molecule has 2 atom stereocenters. The lowest BCUT2D eigenvalue weighted by molar-refractivity contribution is -0.153. The molecule has 1 N–H and O–H groups in total. The molecule has 2 amide bonds. The van der Waals surface area contributed by atoms with Gasteiger partial charge in [-0.1, -0.05) is 0 Å². The van der Waals surface area contributed by atoms with Crippen LogP contribution in [0.3, 0.4) is 0 Å². The van der Waals surface area contributed by atoms with E-state index < -0.39 is 11.6 Å². The Morgan fingerprint density at radius 1 is 1.25 bits per heavy atom. The van der Waals surface area contributed by atoms with E-state index in [1.54, 1.807) is 0 Å². The highest BCUT2D eigenvalue weighted by Crippen LogP contribution is 2.26. The third-order valence-corrected chi connectivity index (χ3v) is 3.99. The Labute approximate surface area is 119 Å². The largest absolute Gasteiger partial charge is 0.465 e. The number of hydrogen-bond donors (Lipinski definition) is 1. The Kier molecular flexibility index (Phi) is 4.22. The number of rotatable bonds is 2. The summed E-state index contributed by atoms with van der Waals surface area (Å²) >= 11 is 0. The average Bonchev–Trinajstić information content (AvgIpc) is 2.25. The van der Waals surface area contributed by atoms with Crippen LogP contribution in [0.2, 0.25) is 0 Å². The van der Waals surface area contributed by atoms with E-state index in [1.165, 1.54) is 4.90 Å². The molecule has 0 saturated carbocycles. The van der Waals surface area contributed by atoms with Crippen LogP contribution in [0, 0.1) is 0 Å². The standard InChI is InChI=1S/C14H24N2O4/c1-14(2,3)16(13(18)19)10-5-6-11(20-9-10)12(17)15-7-4-8-15/h10-11H,4-9H2,1-3H3,(H,18,19)/t10-,11+/m1/s1. The van der Waals surface area contributed by atoms with Crippen molar-refractivity contribution in [2.24, 2.45) is 0 Å². The van der Waals surface area contributed by atoms with Crippen LogP contribution in [-0.2, 0) is 9.53 Å². The Morgan fingerprint density at radius 3 is 2.25 bits per heavy atom. The summed E-state index contributed by atoms with van der Waals surface area (Å²) in [7, 11) is 0. The van der Waals surface area contributed by atoms with Crippen molar-refractivity contribution in [1.29, 1.82) is 0 Å². The van der Waals surface area contributed by atoms with E-state index in [9.17, 15) is 14.7 Å². The van der Waals surface area contributed by atoms with Crippen molar-refractivity contribution in [3.05, 3.63) is 0 Å². The predicted octanol–water partition coefficient (Wildman–Crippen LogP) is 1.54. The molecule has 0 unspecified atom stereocenters. The van der Waals surface area contributed by atoms with Crippen LogP contribution in [0.15, 0.2) is 0 Å². The van der Waals surface area contributed by atoms with Crippen LogP contribution in [-0.4, -0.2) is 64.3 Å². The minimum atomic E-state index is -0.932. The molecule has 0 aliphatic carbocycles. The highest BCUT2D eigenvalue weighted by Gasteiger charge is 2.39. The van der Waals surface area contributed by atoms with Crippen molar-refractivity contribution in [2.75, 3.05) is 19.7 Å². The van der Waals surface area contributed by atoms with Gasteiger partial charge in [0.2, 0.25) is 0 Å². The van der Waals surface area contributed by atoms with E-state index in [1.807, 2.05) is 25.7 Å². The van der Waals surface area contributed by atoms with Gasteiger partial charge in [-0.15, -0.1) is 0 Å². The first-order chi connectivity index (χ1) is 9.30. The van der Waals surface area contributed by atoms with Crippen molar-refractivity contribution >= 4 is 12.0 Å². The third kappa shape index (κ3) is 3.06. The lowest BCUT2D eigenvalue weighted by Crippen LogP contribution is -2.56. The van der Waals surface area contributed by atoms with Crippen molar-refractivity contribution in [1.82, 2.24) is 9.80 Å². The van der Waals surface area contributed by atoms with Crippen molar-refractivity contribution in [3.8, 4) is 0 Å². The molecule has 2 rings (SSSR count). The summed E-state index contributed by atoms with van der Waals surface area (Å²) in [6.07, 6.45) is 1.02. The molecule has 20 heavy (non-hydrogen) atoms. The van der Waals surface area contributed by atoms with E-state index in [4.69, 9.17) is 4.74 Å². The number of carbonyl (C=O) groups is 2. The van der Waals surface area contributed by atoms with E-state index >= 15 is 0 Å². The minimum Gasteiger partial charge on any atom is -0.465 e. The molecule has 0 spiro atoms. The number of ether oxygens (including phenoxy) is 1. The number of carboxylic acid groups (broad SMARTS) is 1. The quantitative estimate of drug-likeness (QED) is 0.835. The minimum absolute atomic E-state index is 0.0623. The molecule has 2 fully saturated rings. The predicted molar refractivity (Wildman–Crippen MR) is 73.6 cm³/mol. The monoisotopic (exact) mass is 284 g/mol. The molecule has 0 aromatic carbocycles. The average molecular weight is 284 g/mol. The van der Waals surface area contributed by atoms with Gasteiger partial charge in [0, 0.05) is 18.6 Å². The third-order valence-electron chi connectivity index (χ3n) is 3.99. The molecule has 6 nitrogen and oxygen atoms in total. The fraction of sp³-hybridized carbons (Fsp3) is 0.857. The normalized spacial score (nSPS) is 26.9. The first kappa shape index (κ1) is 15.1. The van der Waals surface area contributed by atoms with Crippen LogP contribution in [0.5, 0.6) is 0 Å². The Morgan fingerprint density at radius 2 is 1.90 bits per heavy atom. The number of hydrogen-bond acceptors (Lipinski definition) is 3. The van der Waals surface area contributed by atoms with Crippen molar-refractivity contribution < 1.29 is 19.4 Å². The van der Waals surface area contributed by atoms with Gasteiger partial charge < -0.3 is 14.7 Å². The maximum Gasteiger partial charge on any atom is 0.408 e. The Hall–Kier alpha value is -1.30. The molecule has 2 heterocycles. The number of likely N-dealkylation sites (tertiary alicyclic amines) is 1. The van der Waals surface area contributed by atoms with E-state index in [-0.39, 0.29) is 18.1 Å². The zero-order valence-corrected chi connectivity index (χ0v) is 12.5. The molecule has 2 aliphatic rings. The van der Waals surface area contributed by atoms with Gasteiger partial charge in [0.25, 0.3) is 5.91 Å². The summed E-state index contributed by atoms with van der Waals surface area (Å²) in [5.74, 6) is 0.0623. The van der Waals surface area contributed by atoms with Gasteiger partial charge in [-0.2, -0.15) is 0 Å². The Balaban J connectivity index is 1.92. The second-order valence-corrected chi connectivity index (χ2v) is 6.56. The number of nitrogens with zero attached hydrogens (tertiary/aromatic N) is 2. The van der Waals surface area contributed by atoms with Crippen LogP contribution >= 0.6 is 0 Å². The van der Waals surface area contributed by atoms with Gasteiger partial charge in [0.15, 0.2) is 0 Å². The first-order valence-corrected chi connectivity index (χ1v) is 7.23. The van der Waals surface area contributed by atoms with Gasteiger partial charge in [0.05, 0.1) is 12.6 Å². The molecule has 114 valence electrons. The molecule has 0 bridgehead atoms. The highest BCUT2D eigenvalue weighted by molar-refractivity contribution is 5.81. The molecule has 6 heteroatoms. The van der Waals surface area contributed by atoms with Crippen LogP contribution in [0.4, 0.5) is 4.79 Å². The van der Waals surface area contributed by atoms with Gasteiger partial charge in [-0.3, -0.25) is 9.69 Å². The second kappa shape index (κ2) is 5.60. The maximum atomic E-state index is 12.1. The number of carbonyl (C=O) groups excluding carboxylic acids is 1. The zero-order valence-electron chi connectivity index (χ0n) is 12.5. The molecular weight excluding hydrogens is 260 g/mol. The second-order valence-electron chi connectivity index (χ2n) is 6.56. The van der Waals surface area contributed by atoms with Crippen molar-refractivity contribution in [3.63, 3.8) is 0 Å². The number of amides is 2.